The van der Waals surface area contributed by atoms with E-state index >= 15 is 0 Å². The highest BCUT2D eigenvalue weighted by Gasteiger charge is 2.33. The number of esters is 1. The van der Waals surface area contributed by atoms with Gasteiger partial charge in [0.2, 0.25) is 0 Å². The molecule has 1 aliphatic rings. The Balaban J connectivity index is 1.54. The molecule has 0 bridgehead atoms. The number of hydrogen-bond donors (Lipinski definition) is 0. The Kier molecular flexibility index (Phi) is 8.69. The van der Waals surface area contributed by atoms with Crippen LogP contribution < -0.4 is 4.74 Å². The molecule has 2 atom stereocenters. The van der Waals surface area contributed by atoms with Gasteiger partial charge < -0.3 is 14.2 Å². The van der Waals surface area contributed by atoms with E-state index in [1.807, 2.05) is 69.5 Å². The number of rotatable bonds is 6. The summed E-state index contributed by atoms with van der Waals surface area (Å²) in [6.07, 6.45) is 3.21. The van der Waals surface area contributed by atoms with Crippen molar-refractivity contribution in [3.63, 3.8) is 0 Å². The predicted molar refractivity (Wildman–Crippen MR) is 167 cm³/mol. The minimum Gasteiger partial charge on any atom is -0.496 e. The number of hydrogen-bond acceptors (Lipinski definition) is 7. The molecule has 5 rings (SSSR count). The van der Waals surface area contributed by atoms with Crippen molar-refractivity contribution < 1.29 is 23.8 Å². The number of nitrogens with zero attached hydrogens (tertiary/aromatic N) is 2. The first-order chi connectivity index (χ1) is 20.0. The highest BCUT2D eigenvalue weighted by Crippen LogP contribution is 2.44. The highest BCUT2D eigenvalue weighted by molar-refractivity contribution is 7.14. The van der Waals surface area contributed by atoms with Gasteiger partial charge in [-0.3, -0.25) is 9.47 Å². The molecule has 1 saturated heterocycles. The molecule has 1 aliphatic heterocycles. The summed E-state index contributed by atoms with van der Waals surface area (Å²) in [7, 11) is 3.07. The van der Waals surface area contributed by atoms with E-state index in [0.717, 1.165) is 57.1 Å². The minimum absolute atomic E-state index is 0.0698. The summed E-state index contributed by atoms with van der Waals surface area (Å²) >= 11 is 8.15. The van der Waals surface area contributed by atoms with E-state index in [1.54, 1.807) is 29.2 Å². The Morgan fingerprint density at radius 2 is 1.83 bits per heavy atom. The largest absolute Gasteiger partial charge is 0.496 e. The van der Waals surface area contributed by atoms with Crippen LogP contribution in [-0.4, -0.2) is 47.9 Å². The van der Waals surface area contributed by atoms with Gasteiger partial charge in [-0.25, -0.2) is 9.59 Å². The molecule has 0 saturated carbocycles. The fourth-order valence-corrected chi connectivity index (χ4v) is 7.04. The van der Waals surface area contributed by atoms with Gasteiger partial charge in [0.1, 0.15) is 11.4 Å². The molecule has 42 heavy (non-hydrogen) atoms. The van der Waals surface area contributed by atoms with Gasteiger partial charge in [-0.15, -0.1) is 11.3 Å². The summed E-state index contributed by atoms with van der Waals surface area (Å²) in [5.74, 6) is 0.745. The van der Waals surface area contributed by atoms with Crippen LogP contribution in [0.3, 0.4) is 0 Å². The molecule has 222 valence electrons. The molecule has 0 amide bonds. The lowest BCUT2D eigenvalue weighted by atomic mass is 9.83. The number of carbonyl (C=O) groups is 2. The van der Waals surface area contributed by atoms with Gasteiger partial charge in [0.05, 0.1) is 29.6 Å². The predicted octanol–water partition coefficient (Wildman–Crippen LogP) is 8.36. The Labute approximate surface area is 255 Å². The summed E-state index contributed by atoms with van der Waals surface area (Å²) in [6, 6.07) is 13.9. The van der Waals surface area contributed by atoms with Crippen molar-refractivity contribution in [2.24, 2.45) is 0 Å². The standard InChI is InChI=1S/C33H37ClN2O5S/c1-20-17-28(39-5)26(25-12-15-36(29(20)25)32(38)41-33(2,3)4)19-35-14-11-23(24-13-16-42-30(24)34)18-27(35)21-7-9-22(10-8-21)31(37)40-6/h7-10,12-13,15-17,23,27H,11,14,18-19H2,1-6H3/t23?,27-/m0/s1. The average Bonchev–Trinajstić information content (AvgIpc) is 3.60. The molecular weight excluding hydrogens is 572 g/mol. The smallest absolute Gasteiger partial charge is 0.419 e. The van der Waals surface area contributed by atoms with Gasteiger partial charge in [0.15, 0.2) is 0 Å². The van der Waals surface area contributed by atoms with Crippen LogP contribution in [0, 0.1) is 6.92 Å². The second-order valence-electron chi connectivity index (χ2n) is 11.8. The quantitative estimate of drug-likeness (QED) is 0.205. The van der Waals surface area contributed by atoms with E-state index < -0.39 is 11.7 Å². The minimum atomic E-state index is -0.608. The number of benzene rings is 2. The van der Waals surface area contributed by atoms with Crippen LogP contribution in [0.4, 0.5) is 4.79 Å². The van der Waals surface area contributed by atoms with Crippen molar-refractivity contribution in [1.29, 1.82) is 0 Å². The fraction of sp³-hybridized carbons (Fsp3) is 0.394. The fourth-order valence-electron chi connectivity index (χ4n) is 5.96. The molecule has 0 aliphatic carbocycles. The molecule has 1 fully saturated rings. The third kappa shape index (κ3) is 6.07. The number of likely N-dealkylation sites (tertiary alicyclic amines) is 1. The van der Waals surface area contributed by atoms with Crippen LogP contribution in [-0.2, 0) is 16.0 Å². The van der Waals surface area contributed by atoms with E-state index in [4.69, 9.17) is 25.8 Å². The molecule has 2 aromatic carbocycles. The van der Waals surface area contributed by atoms with Crippen LogP contribution in [0.15, 0.2) is 54.0 Å². The first-order valence-corrected chi connectivity index (χ1v) is 15.3. The van der Waals surface area contributed by atoms with Crippen molar-refractivity contribution >= 4 is 45.9 Å². The molecule has 0 N–H and O–H groups in total. The van der Waals surface area contributed by atoms with Crippen LogP contribution >= 0.6 is 22.9 Å². The van der Waals surface area contributed by atoms with Crippen molar-refractivity contribution in [2.75, 3.05) is 20.8 Å². The van der Waals surface area contributed by atoms with E-state index in [-0.39, 0.29) is 12.0 Å². The van der Waals surface area contributed by atoms with Crippen LogP contribution in [0.2, 0.25) is 4.34 Å². The zero-order chi connectivity index (χ0) is 30.2. The molecule has 2 aromatic heterocycles. The number of halogens is 1. The molecule has 1 unspecified atom stereocenters. The topological polar surface area (TPSA) is 70.0 Å². The van der Waals surface area contributed by atoms with Crippen LogP contribution in [0.5, 0.6) is 5.75 Å². The zero-order valence-corrected chi connectivity index (χ0v) is 26.5. The first-order valence-electron chi connectivity index (χ1n) is 14.1. The molecule has 3 heterocycles. The summed E-state index contributed by atoms with van der Waals surface area (Å²) in [5, 5.41) is 3.01. The van der Waals surface area contributed by atoms with Gasteiger partial charge >= 0.3 is 12.1 Å². The Morgan fingerprint density at radius 1 is 1.10 bits per heavy atom. The maximum Gasteiger partial charge on any atom is 0.419 e. The number of carbonyl (C=O) groups excluding carboxylic acids is 2. The van der Waals surface area contributed by atoms with E-state index in [9.17, 15) is 9.59 Å². The maximum absolute atomic E-state index is 13.1. The van der Waals surface area contributed by atoms with Gasteiger partial charge in [0.25, 0.3) is 0 Å². The van der Waals surface area contributed by atoms with Crippen LogP contribution in [0.25, 0.3) is 10.9 Å². The lowest BCUT2D eigenvalue weighted by molar-refractivity contribution is 0.0542. The molecule has 0 radical (unpaired) electrons. The number of aromatic nitrogens is 1. The van der Waals surface area contributed by atoms with Crippen molar-refractivity contribution in [2.45, 2.75) is 64.6 Å². The van der Waals surface area contributed by atoms with Crippen molar-refractivity contribution in [3.8, 4) is 5.75 Å². The lowest BCUT2D eigenvalue weighted by Crippen LogP contribution is -2.36. The maximum atomic E-state index is 13.1. The number of methoxy groups -OCH3 is 2. The van der Waals surface area contributed by atoms with Gasteiger partial charge in [-0.05, 0) is 105 Å². The lowest BCUT2D eigenvalue weighted by Gasteiger charge is -2.40. The van der Waals surface area contributed by atoms with Gasteiger partial charge in [-0.1, -0.05) is 23.7 Å². The summed E-state index contributed by atoms with van der Waals surface area (Å²) in [6.45, 7) is 9.03. The van der Waals surface area contributed by atoms with Crippen molar-refractivity contribution in [3.05, 3.63) is 86.2 Å². The Hall–Kier alpha value is -3.33. The van der Waals surface area contributed by atoms with E-state index in [1.165, 1.54) is 12.7 Å². The molecular formula is C33H37ClN2O5S. The number of piperidine rings is 1. The third-order valence-electron chi connectivity index (χ3n) is 7.92. The summed E-state index contributed by atoms with van der Waals surface area (Å²) in [4.78, 5) is 27.7. The Morgan fingerprint density at radius 3 is 2.45 bits per heavy atom. The highest BCUT2D eigenvalue weighted by atomic mass is 35.5. The summed E-state index contributed by atoms with van der Waals surface area (Å²) in [5.41, 5.74) is 4.99. The molecule has 9 heteroatoms. The number of thiophene rings is 1. The van der Waals surface area contributed by atoms with E-state index in [2.05, 4.69) is 11.0 Å². The normalized spacial score (nSPS) is 17.8. The zero-order valence-electron chi connectivity index (χ0n) is 24.9. The first kappa shape index (κ1) is 30.1. The van der Waals surface area contributed by atoms with Gasteiger partial charge in [0, 0.05) is 29.7 Å². The Bertz CT molecular complexity index is 1600. The second kappa shape index (κ2) is 12.1. The monoisotopic (exact) mass is 608 g/mol. The SMILES string of the molecule is COC(=O)c1ccc([C@@H]2CC(c3ccsc3Cl)CCN2Cc2c(OC)cc(C)c3c2ccn3C(=O)OC(C)(C)C)cc1. The molecule has 7 nitrogen and oxygen atoms in total. The number of fused-ring (bicyclic) bond motifs is 1. The van der Waals surface area contributed by atoms with Crippen molar-refractivity contribution in [1.82, 2.24) is 9.47 Å². The van der Waals surface area contributed by atoms with E-state index in [0.29, 0.717) is 18.0 Å². The summed E-state index contributed by atoms with van der Waals surface area (Å²) < 4.78 is 18.9. The van der Waals surface area contributed by atoms with Crippen LogP contribution in [0.1, 0.15) is 78.2 Å². The average molecular weight is 609 g/mol. The number of ether oxygens (including phenoxy) is 3. The molecule has 0 spiro atoms. The molecule has 4 aromatic rings. The third-order valence-corrected chi connectivity index (χ3v) is 9.12. The van der Waals surface area contributed by atoms with Gasteiger partial charge in [-0.2, -0.15) is 0 Å². The number of aryl methyl sites for hydroxylation is 1. The second-order valence-corrected chi connectivity index (χ2v) is 13.3.